The fourth-order valence-corrected chi connectivity index (χ4v) is 3.51. The van der Waals surface area contributed by atoms with Crippen LogP contribution in [0.1, 0.15) is 26.3 Å². The van der Waals surface area contributed by atoms with Crippen molar-refractivity contribution in [3.8, 4) is 5.69 Å². The van der Waals surface area contributed by atoms with E-state index in [1.54, 1.807) is 10.9 Å². The van der Waals surface area contributed by atoms with Crippen LogP contribution in [0.5, 0.6) is 0 Å². The van der Waals surface area contributed by atoms with E-state index < -0.39 is 0 Å². The molecule has 6 nitrogen and oxygen atoms in total. The predicted molar refractivity (Wildman–Crippen MR) is 107 cm³/mol. The van der Waals surface area contributed by atoms with Crippen LogP contribution in [0.25, 0.3) is 5.69 Å². The number of nitrogens with zero attached hydrogens (tertiary/aromatic N) is 4. The molecule has 0 atom stereocenters. The van der Waals surface area contributed by atoms with Gasteiger partial charge in [0.05, 0.1) is 39.7 Å². The summed E-state index contributed by atoms with van der Waals surface area (Å²) < 4.78 is 1.79. The van der Waals surface area contributed by atoms with Crippen LogP contribution in [-0.2, 0) is 6.54 Å². The number of halogens is 2. The summed E-state index contributed by atoms with van der Waals surface area (Å²) in [4.78, 5) is 28.3. The molecule has 1 aromatic heterocycles. The number of rotatable bonds is 5. The number of benzene rings is 2. The molecule has 0 fully saturated rings. The first kappa shape index (κ1) is 18.7. The van der Waals surface area contributed by atoms with Gasteiger partial charge in [0, 0.05) is 18.3 Å². The molecular weight excluding hydrogens is 399 g/mol. The number of hydrogen-bond donors (Lipinski definition) is 0. The molecule has 2 aromatic carbocycles. The Morgan fingerprint density at radius 3 is 2.21 bits per heavy atom. The first-order valence-corrected chi connectivity index (χ1v) is 9.32. The van der Waals surface area contributed by atoms with Crippen molar-refractivity contribution in [2.24, 2.45) is 0 Å². The molecule has 0 saturated carbocycles. The van der Waals surface area contributed by atoms with Gasteiger partial charge in [-0.15, -0.1) is 0 Å². The Kier molecular flexibility index (Phi) is 4.93. The first-order valence-electron chi connectivity index (χ1n) is 8.57. The maximum absolute atomic E-state index is 12.6. The van der Waals surface area contributed by atoms with Crippen molar-refractivity contribution in [1.82, 2.24) is 19.6 Å². The van der Waals surface area contributed by atoms with Gasteiger partial charge in [-0.3, -0.25) is 19.4 Å². The summed E-state index contributed by atoms with van der Waals surface area (Å²) >= 11 is 12.0. The highest BCUT2D eigenvalue weighted by molar-refractivity contribution is 6.43. The number of imide groups is 1. The first-order chi connectivity index (χ1) is 13.4. The van der Waals surface area contributed by atoms with Gasteiger partial charge < -0.3 is 0 Å². The molecule has 0 unspecified atom stereocenters. The number of carbonyl (C=O) groups is 2. The van der Waals surface area contributed by atoms with Gasteiger partial charge >= 0.3 is 0 Å². The number of hydrogen-bond acceptors (Lipinski definition) is 4. The van der Waals surface area contributed by atoms with E-state index in [0.29, 0.717) is 6.54 Å². The van der Waals surface area contributed by atoms with Crippen LogP contribution in [-0.4, -0.2) is 45.1 Å². The number of fused-ring (bicyclic) bond motifs is 1. The van der Waals surface area contributed by atoms with Gasteiger partial charge in [-0.05, 0) is 31.3 Å². The smallest absolute Gasteiger partial charge is 0.262 e. The van der Waals surface area contributed by atoms with Crippen molar-refractivity contribution >= 4 is 35.0 Å². The third-order valence-corrected chi connectivity index (χ3v) is 5.23. The maximum Gasteiger partial charge on any atom is 0.262 e. The molecule has 1 aliphatic rings. The number of carbonyl (C=O) groups excluding carboxylic acids is 2. The molecule has 0 radical (unpaired) electrons. The second-order valence-electron chi connectivity index (χ2n) is 6.63. The molecule has 3 aromatic rings. The predicted octanol–water partition coefficient (Wildman–Crippen LogP) is 3.86. The Labute approximate surface area is 171 Å². The van der Waals surface area contributed by atoms with Gasteiger partial charge in [-0.25, -0.2) is 4.68 Å². The molecular formula is C20H16Cl2N4O2. The zero-order chi connectivity index (χ0) is 19.8. The molecule has 1 aliphatic heterocycles. The minimum atomic E-state index is -0.370. The highest BCUT2D eigenvalue weighted by Crippen LogP contribution is 2.31. The van der Waals surface area contributed by atoms with E-state index in [9.17, 15) is 9.59 Å². The average Bonchev–Trinajstić information content (AvgIpc) is 3.23. The van der Waals surface area contributed by atoms with Crippen molar-refractivity contribution in [2.75, 3.05) is 13.7 Å². The van der Waals surface area contributed by atoms with Crippen LogP contribution >= 0.6 is 23.2 Å². The van der Waals surface area contributed by atoms with Crippen LogP contribution in [0.4, 0.5) is 0 Å². The van der Waals surface area contributed by atoms with E-state index in [2.05, 4.69) is 5.10 Å². The monoisotopic (exact) mass is 414 g/mol. The molecule has 28 heavy (non-hydrogen) atoms. The number of amides is 2. The Morgan fingerprint density at radius 2 is 1.61 bits per heavy atom. The van der Waals surface area contributed by atoms with Crippen LogP contribution in [0.15, 0.2) is 54.9 Å². The Balaban J connectivity index is 1.46. The molecule has 2 heterocycles. The minimum absolute atomic E-state index is 0.151. The fourth-order valence-electron chi connectivity index (χ4n) is 3.18. The second-order valence-corrected chi connectivity index (χ2v) is 7.45. The Hall–Kier alpha value is -2.67. The molecule has 8 heteroatoms. The standard InChI is InChI=1S/C20H16Cl2N4O2/c1-24(10-13-9-23-26(11-13)14-5-3-2-4-6-14)12-25-19(27)15-7-17(21)18(22)8-16(15)20(25)28/h2-9,11H,10,12H2,1H3. The SMILES string of the molecule is CN(Cc1cnn(-c2ccccc2)c1)CN1C(=O)c2cc(Cl)c(Cl)cc2C1=O. The summed E-state index contributed by atoms with van der Waals surface area (Å²) in [5, 5.41) is 4.88. The number of aromatic nitrogens is 2. The topological polar surface area (TPSA) is 58.4 Å². The normalized spacial score (nSPS) is 13.5. The molecule has 4 rings (SSSR count). The van der Waals surface area contributed by atoms with Crippen molar-refractivity contribution in [2.45, 2.75) is 6.54 Å². The third-order valence-electron chi connectivity index (χ3n) is 4.50. The highest BCUT2D eigenvalue weighted by Gasteiger charge is 2.36. The second kappa shape index (κ2) is 7.39. The number of para-hydroxylation sites is 1. The summed E-state index contributed by atoms with van der Waals surface area (Å²) in [5.74, 6) is -0.740. The van der Waals surface area contributed by atoms with E-state index in [4.69, 9.17) is 23.2 Å². The Morgan fingerprint density at radius 1 is 1.00 bits per heavy atom. The van der Waals surface area contributed by atoms with Crippen molar-refractivity contribution in [1.29, 1.82) is 0 Å². The van der Waals surface area contributed by atoms with Crippen LogP contribution < -0.4 is 0 Å². The molecule has 0 saturated heterocycles. The summed E-state index contributed by atoms with van der Waals surface area (Å²) in [6, 6.07) is 12.7. The molecule has 2 amide bonds. The van der Waals surface area contributed by atoms with Crippen molar-refractivity contribution < 1.29 is 9.59 Å². The zero-order valence-corrected chi connectivity index (χ0v) is 16.5. The van der Waals surface area contributed by atoms with Crippen LogP contribution in [0.2, 0.25) is 10.0 Å². The van der Waals surface area contributed by atoms with Crippen LogP contribution in [0.3, 0.4) is 0 Å². The fraction of sp³-hybridized carbons (Fsp3) is 0.150. The molecule has 142 valence electrons. The van der Waals surface area contributed by atoms with E-state index in [1.807, 2.05) is 48.5 Å². The molecule has 0 spiro atoms. The minimum Gasteiger partial charge on any atom is -0.284 e. The van der Waals surface area contributed by atoms with Gasteiger partial charge in [0.1, 0.15) is 0 Å². The summed E-state index contributed by atoms with van der Waals surface area (Å²) in [6.45, 7) is 0.680. The van der Waals surface area contributed by atoms with Gasteiger partial charge in [0.25, 0.3) is 11.8 Å². The summed E-state index contributed by atoms with van der Waals surface area (Å²) in [7, 11) is 1.84. The van der Waals surface area contributed by atoms with Gasteiger partial charge in [0.2, 0.25) is 0 Å². The lowest BCUT2D eigenvalue weighted by Crippen LogP contribution is -2.39. The quantitative estimate of drug-likeness (QED) is 0.594. The maximum atomic E-state index is 12.6. The lowest BCUT2D eigenvalue weighted by molar-refractivity contribution is 0.0559. The lowest BCUT2D eigenvalue weighted by Gasteiger charge is -2.22. The highest BCUT2D eigenvalue weighted by atomic mass is 35.5. The molecule has 0 aliphatic carbocycles. The van der Waals surface area contributed by atoms with Crippen molar-refractivity contribution in [3.63, 3.8) is 0 Å². The third kappa shape index (κ3) is 3.42. The lowest BCUT2D eigenvalue weighted by atomic mass is 10.1. The van der Waals surface area contributed by atoms with E-state index >= 15 is 0 Å². The summed E-state index contributed by atoms with van der Waals surface area (Å²) in [5.41, 5.74) is 2.49. The van der Waals surface area contributed by atoms with Crippen molar-refractivity contribution in [3.05, 3.63) is 81.6 Å². The van der Waals surface area contributed by atoms with Gasteiger partial charge in [0.15, 0.2) is 0 Å². The van der Waals surface area contributed by atoms with E-state index in [-0.39, 0.29) is 39.7 Å². The van der Waals surface area contributed by atoms with E-state index in [1.165, 1.54) is 17.0 Å². The average molecular weight is 415 g/mol. The van der Waals surface area contributed by atoms with Gasteiger partial charge in [-0.2, -0.15) is 5.10 Å². The molecule has 0 bridgehead atoms. The largest absolute Gasteiger partial charge is 0.284 e. The van der Waals surface area contributed by atoms with Crippen LogP contribution in [0, 0.1) is 0 Å². The Bertz CT molecular complexity index is 1020. The summed E-state index contributed by atoms with van der Waals surface area (Å²) in [6.07, 6.45) is 3.69. The van der Waals surface area contributed by atoms with Gasteiger partial charge in [-0.1, -0.05) is 41.4 Å². The molecule has 0 N–H and O–H groups in total. The zero-order valence-electron chi connectivity index (χ0n) is 15.0. The van der Waals surface area contributed by atoms with E-state index in [0.717, 1.165) is 11.3 Å².